The molecule has 5 unspecified atom stereocenters. The molecule has 98 valence electrons. The van der Waals surface area contributed by atoms with Gasteiger partial charge in [-0.05, 0) is 62.3 Å². The number of hydrogen-bond acceptors (Lipinski definition) is 1. The highest BCUT2D eigenvalue weighted by Crippen LogP contribution is 2.70. The van der Waals surface area contributed by atoms with Crippen molar-refractivity contribution in [3.8, 4) is 0 Å². The van der Waals surface area contributed by atoms with E-state index in [1.165, 1.54) is 32.1 Å². The summed E-state index contributed by atoms with van der Waals surface area (Å²) in [7, 11) is 2.19. The lowest BCUT2D eigenvalue weighted by Gasteiger charge is -2.20. The highest BCUT2D eigenvalue weighted by Gasteiger charge is 2.66. The first-order chi connectivity index (χ1) is 8.36. The predicted octanol–water partition coefficient (Wildman–Crippen LogP) is 3.84. The summed E-state index contributed by atoms with van der Waals surface area (Å²) in [4.78, 5) is 0. The Morgan fingerprint density at radius 1 is 1.06 bits per heavy atom. The van der Waals surface area contributed by atoms with Crippen molar-refractivity contribution in [1.29, 1.82) is 0 Å². The van der Waals surface area contributed by atoms with E-state index in [9.17, 15) is 0 Å². The Hall–Kier alpha value is -0.0400. The first-order valence-electron chi connectivity index (χ1n) is 8.04. The van der Waals surface area contributed by atoms with Crippen molar-refractivity contribution in [1.82, 2.24) is 5.32 Å². The Kier molecular flexibility index (Phi) is 3.47. The van der Waals surface area contributed by atoms with Gasteiger partial charge < -0.3 is 5.32 Å². The summed E-state index contributed by atoms with van der Waals surface area (Å²) in [6.45, 7) is 2.30. The number of hydrogen-bond donors (Lipinski definition) is 1. The summed E-state index contributed by atoms with van der Waals surface area (Å²) >= 11 is 0. The fourth-order valence-electron chi connectivity index (χ4n) is 5.25. The van der Waals surface area contributed by atoms with Crippen LogP contribution in [0.5, 0.6) is 0 Å². The van der Waals surface area contributed by atoms with Crippen LogP contribution in [-0.2, 0) is 0 Å². The molecule has 3 saturated carbocycles. The predicted molar refractivity (Wildman–Crippen MR) is 72.9 cm³/mol. The molecule has 5 atom stereocenters. The Morgan fingerprint density at radius 2 is 1.76 bits per heavy atom. The SMILES string of the molecule is CCCCCCC(NC)C1C2C3CCC(C3)C21. The average Bonchev–Trinajstić information content (AvgIpc) is 2.79. The molecule has 0 radical (unpaired) electrons. The standard InChI is InChI=1S/C16H29N/c1-3-4-5-6-7-13(17-2)16-14-11-8-9-12(10-11)15(14)16/h11-17H,3-10H2,1-2H3. The molecule has 1 N–H and O–H groups in total. The largest absolute Gasteiger partial charge is 0.317 e. The lowest BCUT2D eigenvalue weighted by Crippen LogP contribution is -2.30. The molecule has 0 aliphatic heterocycles. The quantitative estimate of drug-likeness (QED) is 0.661. The minimum Gasteiger partial charge on any atom is -0.317 e. The van der Waals surface area contributed by atoms with Crippen LogP contribution in [0.3, 0.4) is 0 Å². The molecule has 3 fully saturated rings. The zero-order valence-corrected chi connectivity index (χ0v) is 11.6. The Bertz CT molecular complexity index is 246. The molecule has 3 aliphatic rings. The topological polar surface area (TPSA) is 12.0 Å². The molecule has 17 heavy (non-hydrogen) atoms. The molecule has 0 aromatic carbocycles. The van der Waals surface area contributed by atoms with Crippen LogP contribution >= 0.6 is 0 Å². The molecule has 0 saturated heterocycles. The number of unbranched alkanes of at least 4 members (excludes halogenated alkanes) is 3. The molecule has 0 aromatic heterocycles. The maximum absolute atomic E-state index is 3.64. The third-order valence-corrected chi connectivity index (χ3v) is 6.00. The summed E-state index contributed by atoms with van der Waals surface area (Å²) in [5, 5.41) is 3.64. The van der Waals surface area contributed by atoms with E-state index in [0.717, 1.165) is 35.6 Å². The monoisotopic (exact) mass is 235 g/mol. The fourth-order valence-corrected chi connectivity index (χ4v) is 5.25. The molecule has 0 aromatic rings. The lowest BCUT2D eigenvalue weighted by atomic mass is 9.94. The van der Waals surface area contributed by atoms with Crippen molar-refractivity contribution in [2.75, 3.05) is 7.05 Å². The van der Waals surface area contributed by atoms with Gasteiger partial charge in [-0.25, -0.2) is 0 Å². The highest BCUT2D eigenvalue weighted by molar-refractivity contribution is 5.15. The van der Waals surface area contributed by atoms with Crippen molar-refractivity contribution < 1.29 is 0 Å². The van der Waals surface area contributed by atoms with E-state index in [2.05, 4.69) is 19.3 Å². The smallest absolute Gasteiger partial charge is 0.00980 e. The third kappa shape index (κ3) is 2.05. The fraction of sp³-hybridized carbons (Fsp3) is 1.00. The second-order valence-electron chi connectivity index (χ2n) is 6.81. The minimum absolute atomic E-state index is 0.852. The normalized spacial score (nSPS) is 43.8. The van der Waals surface area contributed by atoms with Gasteiger partial charge in [0.25, 0.3) is 0 Å². The van der Waals surface area contributed by atoms with E-state index >= 15 is 0 Å². The lowest BCUT2D eigenvalue weighted by molar-refractivity contribution is 0.355. The Labute approximate surface area is 107 Å². The van der Waals surface area contributed by atoms with E-state index in [0.29, 0.717) is 0 Å². The molecule has 2 bridgehead atoms. The van der Waals surface area contributed by atoms with E-state index < -0.39 is 0 Å². The molecule has 1 heteroatoms. The molecule has 0 spiro atoms. The van der Waals surface area contributed by atoms with Gasteiger partial charge in [0, 0.05) is 6.04 Å². The van der Waals surface area contributed by atoms with E-state index in [1.807, 2.05) is 0 Å². The summed E-state index contributed by atoms with van der Waals surface area (Å²) in [5.74, 6) is 5.66. The third-order valence-electron chi connectivity index (χ3n) is 6.00. The number of nitrogens with one attached hydrogen (secondary N) is 1. The van der Waals surface area contributed by atoms with Crippen molar-refractivity contribution in [2.24, 2.45) is 29.6 Å². The molecular formula is C16H29N. The zero-order valence-electron chi connectivity index (χ0n) is 11.6. The van der Waals surface area contributed by atoms with Crippen LogP contribution in [0.15, 0.2) is 0 Å². The molecule has 0 heterocycles. The van der Waals surface area contributed by atoms with Gasteiger partial charge in [0.15, 0.2) is 0 Å². The zero-order chi connectivity index (χ0) is 11.8. The first-order valence-corrected chi connectivity index (χ1v) is 8.04. The van der Waals surface area contributed by atoms with E-state index in [4.69, 9.17) is 0 Å². The van der Waals surface area contributed by atoms with Crippen molar-refractivity contribution >= 4 is 0 Å². The second-order valence-corrected chi connectivity index (χ2v) is 6.81. The number of rotatable bonds is 7. The first kappa shape index (κ1) is 12.0. The van der Waals surface area contributed by atoms with Crippen LogP contribution in [0.25, 0.3) is 0 Å². The van der Waals surface area contributed by atoms with Gasteiger partial charge in [-0.3, -0.25) is 0 Å². The van der Waals surface area contributed by atoms with Crippen molar-refractivity contribution in [2.45, 2.75) is 64.3 Å². The summed E-state index contributed by atoms with van der Waals surface area (Å²) in [6.07, 6.45) is 11.9. The Balaban J connectivity index is 1.47. The van der Waals surface area contributed by atoms with Crippen molar-refractivity contribution in [3.05, 3.63) is 0 Å². The van der Waals surface area contributed by atoms with Gasteiger partial charge >= 0.3 is 0 Å². The maximum atomic E-state index is 3.64. The molecular weight excluding hydrogens is 206 g/mol. The summed E-state index contributed by atoms with van der Waals surface area (Å²) in [5.41, 5.74) is 0. The van der Waals surface area contributed by atoms with Crippen LogP contribution in [0.2, 0.25) is 0 Å². The number of fused-ring (bicyclic) bond motifs is 5. The van der Waals surface area contributed by atoms with Gasteiger partial charge in [-0.15, -0.1) is 0 Å². The van der Waals surface area contributed by atoms with Crippen LogP contribution in [0.1, 0.15) is 58.3 Å². The van der Waals surface area contributed by atoms with E-state index in [-0.39, 0.29) is 0 Å². The van der Waals surface area contributed by atoms with Gasteiger partial charge in [0.2, 0.25) is 0 Å². The summed E-state index contributed by atoms with van der Waals surface area (Å²) in [6, 6.07) is 0.852. The van der Waals surface area contributed by atoms with Gasteiger partial charge in [0.05, 0.1) is 0 Å². The van der Waals surface area contributed by atoms with Gasteiger partial charge in [-0.2, -0.15) is 0 Å². The molecule has 0 amide bonds. The molecule has 1 nitrogen and oxygen atoms in total. The van der Waals surface area contributed by atoms with Crippen molar-refractivity contribution in [3.63, 3.8) is 0 Å². The second kappa shape index (κ2) is 4.91. The van der Waals surface area contributed by atoms with Gasteiger partial charge in [-0.1, -0.05) is 32.6 Å². The molecule has 3 rings (SSSR count). The van der Waals surface area contributed by atoms with Crippen LogP contribution in [0.4, 0.5) is 0 Å². The van der Waals surface area contributed by atoms with Crippen LogP contribution in [0, 0.1) is 29.6 Å². The minimum atomic E-state index is 0.852. The maximum Gasteiger partial charge on any atom is 0.00980 e. The molecule has 3 aliphatic carbocycles. The van der Waals surface area contributed by atoms with Crippen LogP contribution < -0.4 is 5.32 Å². The van der Waals surface area contributed by atoms with Crippen LogP contribution in [-0.4, -0.2) is 13.1 Å². The van der Waals surface area contributed by atoms with E-state index in [1.54, 1.807) is 19.3 Å². The Morgan fingerprint density at radius 3 is 2.35 bits per heavy atom. The van der Waals surface area contributed by atoms with Gasteiger partial charge in [0.1, 0.15) is 0 Å². The summed E-state index contributed by atoms with van der Waals surface area (Å²) < 4.78 is 0. The average molecular weight is 235 g/mol. The highest BCUT2D eigenvalue weighted by atomic mass is 14.9.